The van der Waals surface area contributed by atoms with E-state index in [2.05, 4.69) is 0 Å². The summed E-state index contributed by atoms with van der Waals surface area (Å²) in [5.74, 6) is 0. The molecule has 0 radical (unpaired) electrons. The topological polar surface area (TPSA) is 18.5 Å². The van der Waals surface area contributed by atoms with Crippen LogP contribution in [0.25, 0.3) is 0 Å². The molecule has 1 atom stereocenters. The van der Waals surface area contributed by atoms with Crippen molar-refractivity contribution in [3.8, 4) is 0 Å². The Bertz CT molecular complexity index is 68.9. The molecule has 2 nitrogen and oxygen atoms in total. The van der Waals surface area contributed by atoms with Crippen molar-refractivity contribution in [1.82, 2.24) is 0 Å². The summed E-state index contributed by atoms with van der Waals surface area (Å²) in [6.07, 6.45) is 3.29. The van der Waals surface area contributed by atoms with E-state index < -0.39 is 0 Å². The molecule has 0 aromatic heterocycles. The lowest BCUT2D eigenvalue weighted by Crippen LogP contribution is -2.04. The maximum Gasteiger partial charge on any atom is 0.195 e. The molecule has 0 aromatic rings. The molecular weight excluding hydrogens is 104 g/mol. The van der Waals surface area contributed by atoms with Crippen LogP contribution in [0, 0.1) is 0 Å². The van der Waals surface area contributed by atoms with Crippen molar-refractivity contribution in [2.75, 3.05) is 7.11 Å². The summed E-state index contributed by atoms with van der Waals surface area (Å²) in [5, 5.41) is 0. The molecule has 0 amide bonds. The first kappa shape index (κ1) is 7.50. The van der Waals surface area contributed by atoms with Gasteiger partial charge in [-0.2, -0.15) is 0 Å². The minimum Gasteiger partial charge on any atom is -0.473 e. The smallest absolute Gasteiger partial charge is 0.195 e. The monoisotopic (exact) mass is 116 g/mol. The molecule has 1 unspecified atom stereocenters. The largest absolute Gasteiger partial charge is 0.473 e. The lowest BCUT2D eigenvalue weighted by atomic mass is 10.7. The molecular formula is C6H12O2. The summed E-state index contributed by atoms with van der Waals surface area (Å²) in [4.78, 5) is 0. The molecule has 48 valence electrons. The normalized spacial score (nSPS) is 14.4. The van der Waals surface area contributed by atoms with E-state index in [1.165, 1.54) is 0 Å². The van der Waals surface area contributed by atoms with Gasteiger partial charge in [0.05, 0.1) is 6.26 Å². The van der Waals surface area contributed by atoms with Gasteiger partial charge >= 0.3 is 0 Å². The van der Waals surface area contributed by atoms with Crippen LogP contribution in [0.4, 0.5) is 0 Å². The summed E-state index contributed by atoms with van der Waals surface area (Å²) >= 11 is 0. The van der Waals surface area contributed by atoms with Gasteiger partial charge in [-0.05, 0) is 13.8 Å². The standard InChI is InChI=1S/C6H12O2/c1-4-5-8-6(2)7-3/h4-6H,1-3H3. The van der Waals surface area contributed by atoms with Gasteiger partial charge in [0, 0.05) is 7.11 Å². The van der Waals surface area contributed by atoms with Gasteiger partial charge in [0.2, 0.25) is 0 Å². The molecule has 0 rings (SSSR count). The van der Waals surface area contributed by atoms with Crippen molar-refractivity contribution < 1.29 is 9.47 Å². The molecule has 0 N–H and O–H groups in total. The molecule has 0 aliphatic carbocycles. The predicted molar refractivity (Wildman–Crippen MR) is 32.4 cm³/mol. The summed E-state index contributed by atoms with van der Waals surface area (Å²) in [6, 6.07) is 0. The van der Waals surface area contributed by atoms with E-state index in [1.54, 1.807) is 13.4 Å². The average Bonchev–Trinajstić information content (AvgIpc) is 1.83. The summed E-state index contributed by atoms with van der Waals surface area (Å²) in [7, 11) is 1.61. The van der Waals surface area contributed by atoms with Gasteiger partial charge in [0.1, 0.15) is 0 Å². The van der Waals surface area contributed by atoms with Gasteiger partial charge in [-0.1, -0.05) is 6.08 Å². The minimum atomic E-state index is -0.133. The fourth-order valence-corrected chi connectivity index (χ4v) is 0.245. The second-order valence-electron chi connectivity index (χ2n) is 1.41. The Balaban J connectivity index is 3.10. The van der Waals surface area contributed by atoms with Crippen LogP contribution in [0.15, 0.2) is 12.3 Å². The maximum atomic E-state index is 4.94. The summed E-state index contributed by atoms with van der Waals surface area (Å²) in [6.45, 7) is 3.72. The van der Waals surface area contributed by atoms with Crippen LogP contribution in [-0.2, 0) is 9.47 Å². The zero-order valence-corrected chi connectivity index (χ0v) is 5.55. The Morgan fingerprint density at radius 1 is 1.50 bits per heavy atom. The van der Waals surface area contributed by atoms with Crippen molar-refractivity contribution >= 4 is 0 Å². The van der Waals surface area contributed by atoms with Crippen LogP contribution in [0.1, 0.15) is 13.8 Å². The first-order valence-corrected chi connectivity index (χ1v) is 2.60. The van der Waals surface area contributed by atoms with Crippen LogP contribution in [0.3, 0.4) is 0 Å². The van der Waals surface area contributed by atoms with E-state index in [-0.39, 0.29) is 6.29 Å². The van der Waals surface area contributed by atoms with Crippen LogP contribution in [0.2, 0.25) is 0 Å². The molecule has 8 heavy (non-hydrogen) atoms. The lowest BCUT2D eigenvalue weighted by molar-refractivity contribution is -0.0679. The molecule has 0 bridgehead atoms. The minimum absolute atomic E-state index is 0.133. The number of rotatable bonds is 3. The Labute approximate surface area is 50.1 Å². The SMILES string of the molecule is CC=COC(C)OC. The number of ether oxygens (including phenoxy) is 2. The van der Waals surface area contributed by atoms with Crippen LogP contribution >= 0.6 is 0 Å². The number of hydrogen-bond donors (Lipinski definition) is 0. The molecule has 0 aliphatic heterocycles. The average molecular weight is 116 g/mol. The Kier molecular flexibility index (Phi) is 4.36. The van der Waals surface area contributed by atoms with Gasteiger partial charge in [0.25, 0.3) is 0 Å². The van der Waals surface area contributed by atoms with E-state index in [1.807, 2.05) is 19.9 Å². The summed E-state index contributed by atoms with van der Waals surface area (Å²) in [5.41, 5.74) is 0. The molecule has 0 heterocycles. The maximum absolute atomic E-state index is 4.94. The number of methoxy groups -OCH3 is 1. The van der Waals surface area contributed by atoms with Gasteiger partial charge in [-0.3, -0.25) is 0 Å². The van der Waals surface area contributed by atoms with E-state index in [4.69, 9.17) is 9.47 Å². The Hall–Kier alpha value is -0.500. The molecule has 0 saturated heterocycles. The fraction of sp³-hybridized carbons (Fsp3) is 0.667. The third-order valence-corrected chi connectivity index (χ3v) is 0.738. The fourth-order valence-electron chi connectivity index (χ4n) is 0.245. The van der Waals surface area contributed by atoms with Crippen molar-refractivity contribution in [2.45, 2.75) is 20.1 Å². The predicted octanol–water partition coefficient (Wildman–Crippen LogP) is 1.53. The second kappa shape index (κ2) is 4.65. The zero-order valence-electron chi connectivity index (χ0n) is 5.55. The quantitative estimate of drug-likeness (QED) is 0.411. The van der Waals surface area contributed by atoms with E-state index in [9.17, 15) is 0 Å². The van der Waals surface area contributed by atoms with Crippen LogP contribution in [0.5, 0.6) is 0 Å². The van der Waals surface area contributed by atoms with Crippen molar-refractivity contribution in [1.29, 1.82) is 0 Å². The van der Waals surface area contributed by atoms with E-state index in [0.717, 1.165) is 0 Å². The van der Waals surface area contributed by atoms with Gasteiger partial charge < -0.3 is 9.47 Å². The first-order valence-electron chi connectivity index (χ1n) is 2.60. The third kappa shape index (κ3) is 3.68. The highest BCUT2D eigenvalue weighted by Gasteiger charge is 1.90. The van der Waals surface area contributed by atoms with Gasteiger partial charge in [-0.25, -0.2) is 0 Å². The molecule has 0 saturated carbocycles. The zero-order chi connectivity index (χ0) is 6.41. The van der Waals surface area contributed by atoms with Gasteiger partial charge in [-0.15, -0.1) is 0 Å². The Morgan fingerprint density at radius 3 is 2.50 bits per heavy atom. The number of allylic oxidation sites excluding steroid dienone is 1. The Morgan fingerprint density at radius 2 is 2.12 bits per heavy atom. The highest BCUT2D eigenvalue weighted by molar-refractivity contribution is 4.65. The molecule has 2 heteroatoms. The molecule has 0 aliphatic rings. The van der Waals surface area contributed by atoms with Crippen molar-refractivity contribution in [3.05, 3.63) is 12.3 Å². The summed E-state index contributed by atoms with van der Waals surface area (Å²) < 4.78 is 9.72. The molecule has 0 fully saturated rings. The van der Waals surface area contributed by atoms with E-state index in [0.29, 0.717) is 0 Å². The van der Waals surface area contributed by atoms with Crippen molar-refractivity contribution in [2.24, 2.45) is 0 Å². The molecule has 0 aromatic carbocycles. The van der Waals surface area contributed by atoms with Crippen LogP contribution < -0.4 is 0 Å². The first-order chi connectivity index (χ1) is 3.81. The van der Waals surface area contributed by atoms with Crippen molar-refractivity contribution in [3.63, 3.8) is 0 Å². The lowest BCUT2D eigenvalue weighted by Gasteiger charge is -2.06. The van der Waals surface area contributed by atoms with Crippen LogP contribution in [-0.4, -0.2) is 13.4 Å². The second-order valence-corrected chi connectivity index (χ2v) is 1.41. The highest BCUT2D eigenvalue weighted by Crippen LogP contribution is 1.89. The molecule has 0 spiro atoms. The van der Waals surface area contributed by atoms with E-state index >= 15 is 0 Å². The number of hydrogen-bond acceptors (Lipinski definition) is 2. The highest BCUT2D eigenvalue weighted by atomic mass is 16.7. The van der Waals surface area contributed by atoms with Gasteiger partial charge in [0.15, 0.2) is 6.29 Å². The third-order valence-electron chi connectivity index (χ3n) is 0.738.